The average molecular weight is 551 g/mol. The van der Waals surface area contributed by atoms with Crippen LogP contribution >= 0.6 is 0 Å². The minimum atomic E-state index is 0.511. The van der Waals surface area contributed by atoms with Gasteiger partial charge in [-0.3, -0.25) is 0 Å². The first-order chi connectivity index (χ1) is 20.8. The van der Waals surface area contributed by atoms with Gasteiger partial charge in [0.25, 0.3) is 0 Å². The molecule has 0 saturated carbocycles. The molecule has 6 rings (SSSR count). The molecule has 206 valence electrons. The topological polar surface area (TPSA) is 70.0 Å². The summed E-state index contributed by atoms with van der Waals surface area (Å²) in [7, 11) is 0. The first-order valence-corrected chi connectivity index (χ1v) is 14.1. The molecule has 0 spiro atoms. The fraction of sp³-hybridized carbons (Fsp3) is 0.111. The third-order valence-electron chi connectivity index (χ3n) is 6.65. The van der Waals surface area contributed by atoms with Crippen LogP contribution < -0.4 is 9.47 Å². The predicted octanol–water partition coefficient (Wildman–Crippen LogP) is 8.17. The monoisotopic (exact) mass is 550 g/mol. The van der Waals surface area contributed by atoms with Gasteiger partial charge in [-0.2, -0.15) is 9.97 Å². The molecule has 42 heavy (non-hydrogen) atoms. The zero-order chi connectivity index (χ0) is 28.4. The largest absolute Gasteiger partial charge is 0.478 e. The van der Waals surface area contributed by atoms with Crippen LogP contribution in [0.1, 0.15) is 12.8 Å². The molecule has 0 atom stereocenters. The fourth-order valence-corrected chi connectivity index (χ4v) is 4.50. The van der Waals surface area contributed by atoms with Gasteiger partial charge in [0.1, 0.15) is 0 Å². The van der Waals surface area contributed by atoms with Crippen LogP contribution in [0.4, 0.5) is 0 Å². The van der Waals surface area contributed by atoms with Crippen molar-refractivity contribution >= 4 is 0 Å². The van der Waals surface area contributed by atoms with Crippen molar-refractivity contribution < 1.29 is 9.47 Å². The van der Waals surface area contributed by atoms with E-state index in [9.17, 15) is 0 Å². The minimum Gasteiger partial charge on any atom is -0.478 e. The zero-order valence-electron chi connectivity index (χ0n) is 23.1. The molecule has 6 heteroatoms. The lowest BCUT2D eigenvalue weighted by molar-refractivity contribution is 0.256. The summed E-state index contributed by atoms with van der Waals surface area (Å²) in [4.78, 5) is 19.0. The second-order valence-electron chi connectivity index (χ2n) is 9.70. The summed E-state index contributed by atoms with van der Waals surface area (Å²) in [6, 6.07) is 43.9. The maximum absolute atomic E-state index is 6.10. The molecular weight excluding hydrogens is 520 g/mol. The molecule has 4 aromatic carbocycles. The minimum absolute atomic E-state index is 0.511. The number of nitrogens with zero attached hydrogens (tertiary/aromatic N) is 4. The molecule has 6 aromatic rings. The van der Waals surface area contributed by atoms with Gasteiger partial charge in [0, 0.05) is 34.4 Å². The van der Waals surface area contributed by atoms with Crippen LogP contribution in [-0.4, -0.2) is 33.1 Å². The van der Waals surface area contributed by atoms with E-state index >= 15 is 0 Å². The molecule has 0 saturated heterocycles. The lowest BCUT2D eigenvalue weighted by Crippen LogP contribution is -2.06. The second kappa shape index (κ2) is 13.3. The van der Waals surface area contributed by atoms with Gasteiger partial charge in [-0.05, 0) is 12.8 Å². The smallest absolute Gasteiger partial charge is 0.217 e. The molecule has 0 N–H and O–H groups in total. The molecular formula is C36H30N4O2. The Morgan fingerprint density at radius 3 is 1.07 bits per heavy atom. The van der Waals surface area contributed by atoms with E-state index in [-0.39, 0.29) is 0 Å². The Bertz CT molecular complexity index is 1470. The normalized spacial score (nSPS) is 10.8. The Labute approximate surface area is 245 Å². The Hall–Kier alpha value is -5.36. The summed E-state index contributed by atoms with van der Waals surface area (Å²) < 4.78 is 12.2. The van der Waals surface area contributed by atoms with E-state index in [1.807, 2.05) is 133 Å². The first kappa shape index (κ1) is 26.8. The molecule has 0 bridgehead atoms. The SMILES string of the molecule is c1ccc(-c2cc(OCCCCOc3cc(-c4ccccc4)nc(-c4ccccc4)n3)nc(-c3ccccc3)n2)cc1. The van der Waals surface area contributed by atoms with Gasteiger partial charge in [-0.15, -0.1) is 0 Å². The van der Waals surface area contributed by atoms with Crippen molar-refractivity contribution in [2.24, 2.45) is 0 Å². The van der Waals surface area contributed by atoms with E-state index in [2.05, 4.69) is 0 Å². The molecule has 0 radical (unpaired) electrons. The van der Waals surface area contributed by atoms with Gasteiger partial charge >= 0.3 is 0 Å². The van der Waals surface area contributed by atoms with Crippen molar-refractivity contribution in [2.75, 3.05) is 13.2 Å². The number of hydrogen-bond acceptors (Lipinski definition) is 6. The Kier molecular flexibility index (Phi) is 8.52. The van der Waals surface area contributed by atoms with Crippen molar-refractivity contribution in [1.29, 1.82) is 0 Å². The van der Waals surface area contributed by atoms with Gasteiger partial charge in [0.2, 0.25) is 11.8 Å². The van der Waals surface area contributed by atoms with E-state index in [1.54, 1.807) is 0 Å². The summed E-state index contributed by atoms with van der Waals surface area (Å²) >= 11 is 0. The molecule has 0 unspecified atom stereocenters. The number of ether oxygens (including phenoxy) is 2. The van der Waals surface area contributed by atoms with Gasteiger partial charge < -0.3 is 9.47 Å². The zero-order valence-corrected chi connectivity index (χ0v) is 23.1. The lowest BCUT2D eigenvalue weighted by Gasteiger charge is -2.11. The lowest BCUT2D eigenvalue weighted by atomic mass is 10.1. The second-order valence-corrected chi connectivity index (χ2v) is 9.70. The van der Waals surface area contributed by atoms with Gasteiger partial charge in [0.05, 0.1) is 24.6 Å². The molecule has 6 nitrogen and oxygen atoms in total. The number of rotatable bonds is 11. The van der Waals surface area contributed by atoms with Crippen LogP contribution in [0.2, 0.25) is 0 Å². The standard InChI is InChI=1S/C36H30N4O2/c1-5-15-27(16-6-1)31-25-33(39-35(37-31)29-19-9-3-10-20-29)41-23-13-14-24-42-34-26-32(28-17-7-2-8-18-28)38-36(40-34)30-21-11-4-12-22-30/h1-12,15-22,25-26H,13-14,23-24H2. The maximum atomic E-state index is 6.10. The van der Waals surface area contributed by atoms with Crippen molar-refractivity contribution in [3.8, 4) is 57.1 Å². The third-order valence-corrected chi connectivity index (χ3v) is 6.65. The molecule has 0 fully saturated rings. The predicted molar refractivity (Wildman–Crippen MR) is 166 cm³/mol. The van der Waals surface area contributed by atoms with Crippen molar-refractivity contribution in [3.63, 3.8) is 0 Å². The van der Waals surface area contributed by atoms with Crippen LogP contribution in [-0.2, 0) is 0 Å². The average Bonchev–Trinajstić information content (AvgIpc) is 3.07. The van der Waals surface area contributed by atoms with E-state index in [4.69, 9.17) is 29.4 Å². The van der Waals surface area contributed by atoms with Crippen molar-refractivity contribution in [2.45, 2.75) is 12.8 Å². The van der Waals surface area contributed by atoms with Crippen LogP contribution in [0.5, 0.6) is 11.8 Å². The molecule has 0 aliphatic rings. The Morgan fingerprint density at radius 2 is 0.714 bits per heavy atom. The van der Waals surface area contributed by atoms with Crippen molar-refractivity contribution in [3.05, 3.63) is 133 Å². The molecule has 0 amide bonds. The van der Waals surface area contributed by atoms with Crippen LogP contribution in [0.3, 0.4) is 0 Å². The Balaban J connectivity index is 1.10. The quantitative estimate of drug-likeness (QED) is 0.152. The van der Waals surface area contributed by atoms with Crippen molar-refractivity contribution in [1.82, 2.24) is 19.9 Å². The van der Waals surface area contributed by atoms with Gasteiger partial charge in [0.15, 0.2) is 11.6 Å². The molecule has 0 aliphatic heterocycles. The highest BCUT2D eigenvalue weighted by molar-refractivity contribution is 5.66. The number of benzene rings is 4. The Morgan fingerprint density at radius 1 is 0.381 bits per heavy atom. The van der Waals surface area contributed by atoms with Gasteiger partial charge in [-0.25, -0.2) is 9.97 Å². The van der Waals surface area contributed by atoms with Crippen LogP contribution in [0.15, 0.2) is 133 Å². The highest BCUT2D eigenvalue weighted by atomic mass is 16.5. The summed E-state index contributed by atoms with van der Waals surface area (Å²) in [5.74, 6) is 2.39. The highest BCUT2D eigenvalue weighted by Crippen LogP contribution is 2.27. The summed E-state index contributed by atoms with van der Waals surface area (Å²) in [5, 5.41) is 0. The number of aromatic nitrogens is 4. The van der Waals surface area contributed by atoms with E-state index < -0.39 is 0 Å². The van der Waals surface area contributed by atoms with Crippen LogP contribution in [0.25, 0.3) is 45.3 Å². The summed E-state index contributed by atoms with van der Waals surface area (Å²) in [5.41, 5.74) is 5.59. The highest BCUT2D eigenvalue weighted by Gasteiger charge is 2.11. The fourth-order valence-electron chi connectivity index (χ4n) is 4.50. The molecule has 2 heterocycles. The molecule has 0 aliphatic carbocycles. The van der Waals surface area contributed by atoms with E-state index in [1.165, 1.54) is 0 Å². The third kappa shape index (κ3) is 6.85. The van der Waals surface area contributed by atoms with Gasteiger partial charge in [-0.1, -0.05) is 121 Å². The maximum Gasteiger partial charge on any atom is 0.217 e. The number of unbranched alkanes of at least 4 members (excludes halogenated alkanes) is 1. The van der Waals surface area contributed by atoms with E-state index in [0.717, 1.165) is 46.5 Å². The number of hydrogen-bond donors (Lipinski definition) is 0. The van der Waals surface area contributed by atoms with Crippen LogP contribution in [0, 0.1) is 0 Å². The first-order valence-electron chi connectivity index (χ1n) is 14.1. The molecule has 2 aromatic heterocycles. The van der Waals surface area contributed by atoms with E-state index in [0.29, 0.717) is 36.6 Å². The summed E-state index contributed by atoms with van der Waals surface area (Å²) in [6.07, 6.45) is 1.60. The summed E-state index contributed by atoms with van der Waals surface area (Å²) in [6.45, 7) is 1.02.